The Bertz CT molecular complexity index is 388. The van der Waals surface area contributed by atoms with Crippen molar-refractivity contribution >= 4 is 11.6 Å². The van der Waals surface area contributed by atoms with Crippen LogP contribution in [0, 0.1) is 5.92 Å². The van der Waals surface area contributed by atoms with E-state index in [1.54, 1.807) is 0 Å². The Balaban J connectivity index is 2.01. The highest BCUT2D eigenvalue weighted by Crippen LogP contribution is 2.15. The van der Waals surface area contributed by atoms with Crippen molar-refractivity contribution in [1.82, 2.24) is 5.32 Å². The van der Waals surface area contributed by atoms with Gasteiger partial charge in [0, 0.05) is 24.7 Å². The summed E-state index contributed by atoms with van der Waals surface area (Å²) >= 11 is 6.03. The monoisotopic (exact) mass is 315 g/mol. The summed E-state index contributed by atoms with van der Waals surface area (Å²) in [5, 5.41) is 13.6. The van der Waals surface area contributed by atoms with Gasteiger partial charge >= 0.3 is 0 Å². The molecular weight excluding hydrogens is 290 g/mol. The molecule has 1 atom stereocenters. The minimum absolute atomic E-state index is 0.283. The van der Waals surface area contributed by atoms with E-state index in [9.17, 15) is 5.11 Å². The van der Waals surface area contributed by atoms with E-state index in [1.165, 1.54) is 0 Å². The third-order valence-corrected chi connectivity index (χ3v) is 3.15. The highest BCUT2D eigenvalue weighted by molar-refractivity contribution is 6.31. The Morgan fingerprint density at radius 2 is 1.95 bits per heavy atom. The standard InChI is InChI=1S/C16H26ClNO3/c1-13(2)10-20-8-7-18-9-15(19)12-21-11-14-5-3-4-6-16(14)17/h3-6,13,15,18-19H,7-12H2,1-2H3. The molecule has 0 saturated heterocycles. The number of nitrogens with one attached hydrogen (secondary N) is 1. The summed E-state index contributed by atoms with van der Waals surface area (Å²) in [6.07, 6.45) is -0.530. The van der Waals surface area contributed by atoms with Gasteiger partial charge in [0.05, 0.1) is 25.9 Å². The zero-order valence-electron chi connectivity index (χ0n) is 12.8. The lowest BCUT2D eigenvalue weighted by Gasteiger charge is -2.13. The van der Waals surface area contributed by atoms with Crippen LogP contribution in [0.3, 0.4) is 0 Å². The van der Waals surface area contributed by atoms with Crippen LogP contribution in [-0.2, 0) is 16.1 Å². The Morgan fingerprint density at radius 3 is 2.67 bits per heavy atom. The van der Waals surface area contributed by atoms with E-state index >= 15 is 0 Å². The average Bonchev–Trinajstić information content (AvgIpc) is 2.44. The number of aliphatic hydroxyl groups excluding tert-OH is 1. The van der Waals surface area contributed by atoms with Crippen LogP contribution in [0.4, 0.5) is 0 Å². The largest absolute Gasteiger partial charge is 0.389 e. The van der Waals surface area contributed by atoms with Gasteiger partial charge in [-0.3, -0.25) is 0 Å². The van der Waals surface area contributed by atoms with E-state index in [4.69, 9.17) is 21.1 Å². The maximum atomic E-state index is 9.78. The van der Waals surface area contributed by atoms with Gasteiger partial charge in [-0.05, 0) is 17.5 Å². The van der Waals surface area contributed by atoms with Gasteiger partial charge in [-0.15, -0.1) is 0 Å². The van der Waals surface area contributed by atoms with Crippen LogP contribution in [0.15, 0.2) is 24.3 Å². The molecule has 4 nitrogen and oxygen atoms in total. The summed E-state index contributed by atoms with van der Waals surface area (Å²) in [5.41, 5.74) is 0.932. The minimum atomic E-state index is -0.530. The normalized spacial score (nSPS) is 12.8. The number of hydrogen-bond acceptors (Lipinski definition) is 4. The van der Waals surface area contributed by atoms with Gasteiger partial charge in [0.25, 0.3) is 0 Å². The summed E-state index contributed by atoms with van der Waals surface area (Å²) in [6.45, 7) is 7.58. The third-order valence-electron chi connectivity index (χ3n) is 2.78. The zero-order chi connectivity index (χ0) is 15.5. The number of halogens is 1. The van der Waals surface area contributed by atoms with E-state index in [-0.39, 0.29) is 6.61 Å². The van der Waals surface area contributed by atoms with Crippen LogP contribution in [0.1, 0.15) is 19.4 Å². The molecule has 0 radical (unpaired) electrons. The first-order chi connectivity index (χ1) is 10.1. The summed E-state index contributed by atoms with van der Waals surface area (Å²) in [6, 6.07) is 7.54. The molecule has 1 aromatic rings. The molecule has 21 heavy (non-hydrogen) atoms. The second-order valence-corrected chi connectivity index (χ2v) is 5.84. The van der Waals surface area contributed by atoms with Crippen LogP contribution in [0.5, 0.6) is 0 Å². The summed E-state index contributed by atoms with van der Waals surface area (Å²) < 4.78 is 10.9. The number of rotatable bonds is 11. The minimum Gasteiger partial charge on any atom is -0.389 e. The first-order valence-electron chi connectivity index (χ1n) is 7.37. The zero-order valence-corrected chi connectivity index (χ0v) is 13.6. The second kappa shape index (κ2) is 11.0. The molecule has 0 aliphatic heterocycles. The maximum absolute atomic E-state index is 9.78. The lowest BCUT2D eigenvalue weighted by Crippen LogP contribution is -2.32. The smallest absolute Gasteiger partial charge is 0.0897 e. The number of hydrogen-bond donors (Lipinski definition) is 2. The Kier molecular flexibility index (Phi) is 9.63. The molecular formula is C16H26ClNO3. The molecule has 1 unspecified atom stereocenters. The summed E-state index contributed by atoms with van der Waals surface area (Å²) in [7, 11) is 0. The molecule has 0 amide bonds. The van der Waals surface area contributed by atoms with Crippen molar-refractivity contribution in [1.29, 1.82) is 0 Å². The van der Waals surface area contributed by atoms with Crippen molar-refractivity contribution in [2.24, 2.45) is 5.92 Å². The SMILES string of the molecule is CC(C)COCCNCC(O)COCc1ccccc1Cl. The highest BCUT2D eigenvalue weighted by atomic mass is 35.5. The predicted octanol–water partition coefficient (Wildman–Crippen LogP) is 2.48. The second-order valence-electron chi connectivity index (χ2n) is 5.43. The lowest BCUT2D eigenvalue weighted by molar-refractivity contribution is 0.0275. The van der Waals surface area contributed by atoms with E-state index < -0.39 is 6.10 Å². The van der Waals surface area contributed by atoms with Crippen molar-refractivity contribution in [3.05, 3.63) is 34.9 Å². The van der Waals surface area contributed by atoms with E-state index in [0.29, 0.717) is 30.7 Å². The average molecular weight is 316 g/mol. The molecule has 0 aliphatic carbocycles. The molecule has 2 N–H and O–H groups in total. The van der Waals surface area contributed by atoms with Crippen LogP contribution in [-0.4, -0.2) is 44.1 Å². The molecule has 0 fully saturated rings. The van der Waals surface area contributed by atoms with Crippen LogP contribution in [0.2, 0.25) is 5.02 Å². The third kappa shape index (κ3) is 9.06. The van der Waals surface area contributed by atoms with Crippen molar-refractivity contribution in [2.45, 2.75) is 26.6 Å². The van der Waals surface area contributed by atoms with E-state index in [0.717, 1.165) is 18.7 Å². The number of benzene rings is 1. The van der Waals surface area contributed by atoms with Crippen molar-refractivity contribution in [3.8, 4) is 0 Å². The number of aliphatic hydroxyl groups is 1. The molecule has 1 aromatic carbocycles. The molecule has 120 valence electrons. The van der Waals surface area contributed by atoms with Crippen molar-refractivity contribution < 1.29 is 14.6 Å². The van der Waals surface area contributed by atoms with Crippen LogP contribution in [0.25, 0.3) is 0 Å². The number of ether oxygens (including phenoxy) is 2. The summed E-state index contributed by atoms with van der Waals surface area (Å²) in [4.78, 5) is 0. The first-order valence-corrected chi connectivity index (χ1v) is 7.75. The fourth-order valence-electron chi connectivity index (χ4n) is 1.71. The lowest BCUT2D eigenvalue weighted by atomic mass is 10.2. The van der Waals surface area contributed by atoms with Gasteiger partial charge in [-0.2, -0.15) is 0 Å². The quantitative estimate of drug-likeness (QED) is 0.616. The molecule has 0 bridgehead atoms. The molecule has 1 rings (SSSR count). The van der Waals surface area contributed by atoms with Crippen molar-refractivity contribution in [2.75, 3.05) is 32.9 Å². The van der Waals surface area contributed by atoms with Gasteiger partial charge in [-0.1, -0.05) is 43.6 Å². The topological polar surface area (TPSA) is 50.7 Å². The highest BCUT2D eigenvalue weighted by Gasteiger charge is 2.05. The Morgan fingerprint density at radius 1 is 1.19 bits per heavy atom. The van der Waals surface area contributed by atoms with Gasteiger partial charge in [-0.25, -0.2) is 0 Å². The Hall–Kier alpha value is -0.650. The maximum Gasteiger partial charge on any atom is 0.0897 e. The molecule has 0 aliphatic rings. The molecule has 0 saturated carbocycles. The molecule has 5 heteroatoms. The Labute approximate surface area is 132 Å². The van der Waals surface area contributed by atoms with Crippen molar-refractivity contribution in [3.63, 3.8) is 0 Å². The van der Waals surface area contributed by atoms with Gasteiger partial charge in [0.2, 0.25) is 0 Å². The van der Waals surface area contributed by atoms with Crippen LogP contribution >= 0.6 is 11.6 Å². The molecule has 0 heterocycles. The van der Waals surface area contributed by atoms with Crippen LogP contribution < -0.4 is 5.32 Å². The fourth-order valence-corrected chi connectivity index (χ4v) is 1.90. The van der Waals surface area contributed by atoms with E-state index in [2.05, 4.69) is 19.2 Å². The fraction of sp³-hybridized carbons (Fsp3) is 0.625. The predicted molar refractivity (Wildman–Crippen MR) is 85.6 cm³/mol. The first kappa shape index (κ1) is 18.4. The molecule has 0 aromatic heterocycles. The molecule has 0 spiro atoms. The van der Waals surface area contributed by atoms with Gasteiger partial charge in [0.15, 0.2) is 0 Å². The summed E-state index contributed by atoms with van der Waals surface area (Å²) in [5.74, 6) is 0.550. The van der Waals surface area contributed by atoms with E-state index in [1.807, 2.05) is 24.3 Å². The van der Waals surface area contributed by atoms with Gasteiger partial charge in [0.1, 0.15) is 0 Å². The van der Waals surface area contributed by atoms with Gasteiger partial charge < -0.3 is 19.9 Å².